The Labute approximate surface area is 151 Å². The van der Waals surface area contributed by atoms with Gasteiger partial charge in [-0.1, -0.05) is 30.3 Å². The SMILES string of the molecule is CC(=O)[C@H](Cc1ccccc1)NC(=O)C[NH2+][C@H](C)c1ccc(F)cc1F. The normalized spacial score (nSPS) is 13.1. The topological polar surface area (TPSA) is 62.8 Å². The highest BCUT2D eigenvalue weighted by molar-refractivity contribution is 5.88. The van der Waals surface area contributed by atoms with Gasteiger partial charge in [0.2, 0.25) is 0 Å². The molecule has 0 bridgehead atoms. The van der Waals surface area contributed by atoms with E-state index in [0.717, 1.165) is 11.6 Å². The molecule has 0 spiro atoms. The largest absolute Gasteiger partial charge is 0.341 e. The summed E-state index contributed by atoms with van der Waals surface area (Å²) in [5.41, 5.74) is 1.28. The van der Waals surface area contributed by atoms with Crippen molar-refractivity contribution >= 4 is 11.7 Å². The zero-order valence-electron chi connectivity index (χ0n) is 14.8. The van der Waals surface area contributed by atoms with Crippen molar-refractivity contribution in [1.29, 1.82) is 0 Å². The number of hydrogen-bond acceptors (Lipinski definition) is 2. The molecule has 0 fully saturated rings. The minimum absolute atomic E-state index is 0.0382. The second-order valence-corrected chi connectivity index (χ2v) is 6.31. The molecule has 2 atom stereocenters. The second kappa shape index (κ2) is 9.20. The summed E-state index contributed by atoms with van der Waals surface area (Å²) in [6.45, 7) is 3.21. The van der Waals surface area contributed by atoms with Crippen LogP contribution in [0.15, 0.2) is 48.5 Å². The van der Waals surface area contributed by atoms with Gasteiger partial charge in [0, 0.05) is 11.6 Å². The summed E-state index contributed by atoms with van der Waals surface area (Å²) in [6, 6.07) is 11.9. The molecule has 0 aliphatic carbocycles. The highest BCUT2D eigenvalue weighted by Gasteiger charge is 2.20. The van der Waals surface area contributed by atoms with E-state index in [9.17, 15) is 18.4 Å². The van der Waals surface area contributed by atoms with Gasteiger partial charge >= 0.3 is 0 Å². The summed E-state index contributed by atoms with van der Waals surface area (Å²) < 4.78 is 26.8. The van der Waals surface area contributed by atoms with E-state index in [4.69, 9.17) is 0 Å². The maximum atomic E-state index is 13.8. The van der Waals surface area contributed by atoms with E-state index in [1.54, 1.807) is 12.2 Å². The first kappa shape index (κ1) is 19.7. The lowest BCUT2D eigenvalue weighted by Gasteiger charge is -2.17. The molecule has 0 unspecified atom stereocenters. The number of carbonyl (C=O) groups excluding carboxylic acids is 2. The Morgan fingerprint density at radius 2 is 1.81 bits per heavy atom. The predicted molar refractivity (Wildman–Crippen MR) is 94.3 cm³/mol. The maximum Gasteiger partial charge on any atom is 0.275 e. The molecule has 0 aliphatic rings. The predicted octanol–water partition coefficient (Wildman–Crippen LogP) is 1.91. The van der Waals surface area contributed by atoms with E-state index < -0.39 is 17.7 Å². The number of quaternary nitrogens is 1. The van der Waals surface area contributed by atoms with Crippen LogP contribution < -0.4 is 10.6 Å². The van der Waals surface area contributed by atoms with Crippen molar-refractivity contribution in [3.8, 4) is 0 Å². The Kier molecular flexibility index (Phi) is 6.97. The second-order valence-electron chi connectivity index (χ2n) is 6.31. The quantitative estimate of drug-likeness (QED) is 0.754. The monoisotopic (exact) mass is 361 g/mol. The van der Waals surface area contributed by atoms with Crippen molar-refractivity contribution in [2.75, 3.05) is 6.54 Å². The molecule has 3 N–H and O–H groups in total. The highest BCUT2D eigenvalue weighted by Crippen LogP contribution is 2.14. The fourth-order valence-electron chi connectivity index (χ4n) is 2.68. The molecular weight excluding hydrogens is 338 g/mol. The van der Waals surface area contributed by atoms with Crippen molar-refractivity contribution in [1.82, 2.24) is 5.32 Å². The van der Waals surface area contributed by atoms with Crippen molar-refractivity contribution in [2.45, 2.75) is 32.4 Å². The van der Waals surface area contributed by atoms with Crippen molar-refractivity contribution in [3.05, 3.63) is 71.3 Å². The number of rotatable bonds is 8. The van der Waals surface area contributed by atoms with E-state index >= 15 is 0 Å². The molecular formula is C20H23F2N2O2+. The van der Waals surface area contributed by atoms with Crippen molar-refractivity contribution < 1.29 is 23.7 Å². The van der Waals surface area contributed by atoms with Crippen LogP contribution in [0, 0.1) is 11.6 Å². The van der Waals surface area contributed by atoms with Crippen LogP contribution in [-0.2, 0) is 16.0 Å². The van der Waals surface area contributed by atoms with Gasteiger partial charge in [-0.3, -0.25) is 9.59 Å². The van der Waals surface area contributed by atoms with Crippen LogP contribution in [0.4, 0.5) is 8.78 Å². The van der Waals surface area contributed by atoms with Crippen molar-refractivity contribution in [3.63, 3.8) is 0 Å². The first-order valence-electron chi connectivity index (χ1n) is 8.49. The lowest BCUT2D eigenvalue weighted by atomic mass is 10.0. The molecule has 4 nitrogen and oxygen atoms in total. The number of nitrogens with two attached hydrogens (primary N) is 1. The van der Waals surface area contributed by atoms with Gasteiger partial charge in [0.25, 0.3) is 5.91 Å². The van der Waals surface area contributed by atoms with Gasteiger partial charge in [-0.05, 0) is 38.0 Å². The van der Waals surface area contributed by atoms with Gasteiger partial charge < -0.3 is 10.6 Å². The van der Waals surface area contributed by atoms with E-state index in [1.807, 2.05) is 30.3 Å². The molecule has 1 amide bonds. The van der Waals surface area contributed by atoms with E-state index in [2.05, 4.69) is 5.32 Å². The minimum atomic E-state index is -0.639. The Bertz CT molecular complexity index is 766. The van der Waals surface area contributed by atoms with Gasteiger partial charge in [0.05, 0.1) is 6.04 Å². The molecule has 0 aromatic heterocycles. The molecule has 2 rings (SSSR count). The van der Waals surface area contributed by atoms with Gasteiger partial charge in [-0.2, -0.15) is 0 Å². The third-order valence-corrected chi connectivity index (χ3v) is 4.22. The zero-order valence-corrected chi connectivity index (χ0v) is 14.8. The Morgan fingerprint density at radius 3 is 2.42 bits per heavy atom. The Hall–Kier alpha value is -2.60. The number of Topliss-reactive ketones (excluding diaryl/α,β-unsaturated/α-hetero) is 1. The molecule has 0 saturated carbocycles. The fraction of sp³-hybridized carbons (Fsp3) is 0.300. The summed E-state index contributed by atoms with van der Waals surface area (Å²) in [4.78, 5) is 24.0. The standard InChI is InChI=1S/C20H22F2N2O2/c1-13(17-9-8-16(21)11-18(17)22)23-12-20(26)24-19(14(2)25)10-15-6-4-3-5-7-15/h3-9,11,13,19,23H,10,12H2,1-2H3,(H,24,26)/p+1/t13-,19+/m1/s1. The number of nitrogens with one attached hydrogen (secondary N) is 1. The van der Waals surface area contributed by atoms with Crippen LogP contribution in [0.2, 0.25) is 0 Å². The van der Waals surface area contributed by atoms with E-state index in [1.165, 1.54) is 19.1 Å². The average Bonchev–Trinajstić information content (AvgIpc) is 2.60. The van der Waals surface area contributed by atoms with Gasteiger partial charge in [0.15, 0.2) is 12.3 Å². The van der Waals surface area contributed by atoms with Crippen LogP contribution in [0.5, 0.6) is 0 Å². The summed E-state index contributed by atoms with van der Waals surface area (Å²) in [7, 11) is 0. The van der Waals surface area contributed by atoms with Crippen LogP contribution in [0.25, 0.3) is 0 Å². The molecule has 0 heterocycles. The number of benzene rings is 2. The lowest BCUT2D eigenvalue weighted by Crippen LogP contribution is -2.87. The van der Waals surface area contributed by atoms with Crippen LogP contribution in [0.3, 0.4) is 0 Å². The average molecular weight is 361 g/mol. The Balaban J connectivity index is 1.90. The summed E-state index contributed by atoms with van der Waals surface area (Å²) >= 11 is 0. The summed E-state index contributed by atoms with van der Waals surface area (Å²) in [5, 5.41) is 4.37. The number of hydrogen-bond donors (Lipinski definition) is 2. The van der Waals surface area contributed by atoms with E-state index in [0.29, 0.717) is 12.0 Å². The highest BCUT2D eigenvalue weighted by atomic mass is 19.1. The molecule has 2 aromatic rings. The lowest BCUT2D eigenvalue weighted by molar-refractivity contribution is -0.682. The smallest absolute Gasteiger partial charge is 0.275 e. The third-order valence-electron chi connectivity index (χ3n) is 4.22. The first-order chi connectivity index (χ1) is 12.4. The maximum absolute atomic E-state index is 13.8. The van der Waals surface area contributed by atoms with Gasteiger partial charge in [-0.25, -0.2) is 8.78 Å². The molecule has 6 heteroatoms. The Morgan fingerprint density at radius 1 is 1.12 bits per heavy atom. The number of halogens is 2. The minimum Gasteiger partial charge on any atom is -0.341 e. The van der Waals surface area contributed by atoms with E-state index in [-0.39, 0.29) is 24.3 Å². The molecule has 0 aliphatic heterocycles. The van der Waals surface area contributed by atoms with Crippen LogP contribution >= 0.6 is 0 Å². The van der Waals surface area contributed by atoms with Crippen LogP contribution in [-0.4, -0.2) is 24.3 Å². The number of amides is 1. The zero-order chi connectivity index (χ0) is 19.1. The molecule has 0 saturated heterocycles. The van der Waals surface area contributed by atoms with Gasteiger partial charge in [0.1, 0.15) is 17.7 Å². The summed E-state index contributed by atoms with van der Waals surface area (Å²) in [5.74, 6) is -1.71. The number of carbonyl (C=O) groups is 2. The van der Waals surface area contributed by atoms with Crippen molar-refractivity contribution in [2.24, 2.45) is 0 Å². The first-order valence-corrected chi connectivity index (χ1v) is 8.49. The van der Waals surface area contributed by atoms with Gasteiger partial charge in [-0.15, -0.1) is 0 Å². The van der Waals surface area contributed by atoms with Crippen LogP contribution in [0.1, 0.15) is 31.0 Å². The fourth-order valence-corrected chi connectivity index (χ4v) is 2.68. The molecule has 138 valence electrons. The number of ketones is 1. The molecule has 26 heavy (non-hydrogen) atoms. The molecule has 2 aromatic carbocycles. The summed E-state index contributed by atoms with van der Waals surface area (Å²) in [6.07, 6.45) is 0.421. The molecule has 0 radical (unpaired) electrons. The third kappa shape index (κ3) is 5.74.